The molecule has 4 heteroatoms. The van der Waals surface area contributed by atoms with E-state index in [1.165, 1.54) is 0 Å². The predicted molar refractivity (Wildman–Crippen MR) is 60.3 cm³/mol. The van der Waals surface area contributed by atoms with Crippen molar-refractivity contribution in [2.45, 2.75) is 19.4 Å². The van der Waals surface area contributed by atoms with Crippen LogP contribution < -0.4 is 10.6 Å². The molecule has 1 aromatic rings. The number of anilines is 1. The average Bonchev–Trinajstić information content (AvgIpc) is 2.26. The van der Waals surface area contributed by atoms with E-state index in [1.807, 2.05) is 31.0 Å². The fourth-order valence-corrected chi connectivity index (χ4v) is 1.22. The molecule has 0 spiro atoms. The van der Waals surface area contributed by atoms with Crippen molar-refractivity contribution in [3.8, 4) is 6.07 Å². The van der Waals surface area contributed by atoms with E-state index in [0.29, 0.717) is 13.0 Å². The zero-order valence-electron chi connectivity index (χ0n) is 9.14. The summed E-state index contributed by atoms with van der Waals surface area (Å²) >= 11 is 0. The average molecular weight is 204 g/mol. The van der Waals surface area contributed by atoms with Gasteiger partial charge >= 0.3 is 0 Å². The lowest BCUT2D eigenvalue weighted by molar-refractivity contribution is 0.807. The Hall–Kier alpha value is -1.60. The van der Waals surface area contributed by atoms with Gasteiger partial charge in [-0.3, -0.25) is 0 Å². The van der Waals surface area contributed by atoms with Crippen molar-refractivity contribution in [1.29, 1.82) is 5.26 Å². The van der Waals surface area contributed by atoms with Gasteiger partial charge in [-0.25, -0.2) is 4.98 Å². The number of pyridine rings is 1. The molecule has 0 saturated heterocycles. The highest BCUT2D eigenvalue weighted by Gasteiger charge is 2.03. The third kappa shape index (κ3) is 3.22. The van der Waals surface area contributed by atoms with Gasteiger partial charge in [0.25, 0.3) is 0 Å². The molecule has 2 N–H and O–H groups in total. The Balaban J connectivity index is 2.67. The fraction of sp³-hybridized carbons (Fsp3) is 0.455. The summed E-state index contributed by atoms with van der Waals surface area (Å²) in [6, 6.07) is 6.01. The first-order chi connectivity index (χ1) is 7.15. The van der Waals surface area contributed by atoms with E-state index < -0.39 is 0 Å². The Morgan fingerprint density at radius 3 is 2.80 bits per heavy atom. The Bertz CT molecular complexity index is 337. The molecule has 4 nitrogen and oxygen atoms in total. The van der Waals surface area contributed by atoms with E-state index >= 15 is 0 Å². The number of nitrogens with zero attached hydrogens (tertiary/aromatic N) is 3. The zero-order valence-corrected chi connectivity index (χ0v) is 9.14. The maximum atomic E-state index is 8.47. The predicted octanol–water partition coefficient (Wildman–Crippen LogP) is 1.45. The quantitative estimate of drug-likeness (QED) is 0.806. The topological polar surface area (TPSA) is 65.9 Å². The summed E-state index contributed by atoms with van der Waals surface area (Å²) in [6.07, 6.45) is 2.29. The van der Waals surface area contributed by atoms with Crippen LogP contribution in [0.3, 0.4) is 0 Å². The molecule has 15 heavy (non-hydrogen) atoms. The summed E-state index contributed by atoms with van der Waals surface area (Å²) in [6.45, 7) is 2.62. The molecule has 0 amide bonds. The van der Waals surface area contributed by atoms with Crippen LogP contribution >= 0.6 is 0 Å². The van der Waals surface area contributed by atoms with Gasteiger partial charge in [-0.2, -0.15) is 5.26 Å². The number of hydrogen-bond acceptors (Lipinski definition) is 4. The summed E-state index contributed by atoms with van der Waals surface area (Å²) in [5, 5.41) is 8.47. The normalized spacial score (nSPS) is 11.9. The third-order valence-corrected chi connectivity index (χ3v) is 2.25. The fourth-order valence-electron chi connectivity index (χ4n) is 1.22. The van der Waals surface area contributed by atoms with E-state index in [1.54, 1.807) is 6.20 Å². The standard InChI is InChI=1S/C11H16N4/c1-9(13)10-4-5-11(14-8-10)15(2)7-3-6-12/h4-5,8-9H,3,7,13H2,1-2H3/t9-/m0/s1. The monoisotopic (exact) mass is 204 g/mol. The molecule has 80 valence electrons. The van der Waals surface area contributed by atoms with Crippen LogP contribution in [0.15, 0.2) is 18.3 Å². The molecule has 1 rings (SSSR count). The Labute approximate surface area is 90.3 Å². The second-order valence-electron chi connectivity index (χ2n) is 3.57. The Morgan fingerprint density at radius 2 is 2.33 bits per heavy atom. The highest BCUT2D eigenvalue weighted by molar-refractivity contribution is 5.38. The van der Waals surface area contributed by atoms with Crippen molar-refractivity contribution in [1.82, 2.24) is 4.98 Å². The van der Waals surface area contributed by atoms with Gasteiger partial charge < -0.3 is 10.6 Å². The van der Waals surface area contributed by atoms with Crippen molar-refractivity contribution in [2.24, 2.45) is 5.73 Å². The molecule has 1 atom stereocenters. The molecule has 0 radical (unpaired) electrons. The molecule has 0 aliphatic heterocycles. The molecule has 0 bridgehead atoms. The van der Waals surface area contributed by atoms with Crippen LogP contribution in [0.4, 0.5) is 5.82 Å². The van der Waals surface area contributed by atoms with Crippen LogP contribution in [0, 0.1) is 11.3 Å². The first-order valence-corrected chi connectivity index (χ1v) is 4.94. The van der Waals surface area contributed by atoms with Crippen LogP contribution in [-0.2, 0) is 0 Å². The van der Waals surface area contributed by atoms with Gasteiger partial charge in [0.15, 0.2) is 0 Å². The molecule has 0 unspecified atom stereocenters. The van der Waals surface area contributed by atoms with Crippen molar-refractivity contribution < 1.29 is 0 Å². The molecule has 0 fully saturated rings. The number of hydrogen-bond donors (Lipinski definition) is 1. The molecule has 0 aliphatic carbocycles. The number of nitriles is 1. The van der Waals surface area contributed by atoms with Crippen LogP contribution in [0.2, 0.25) is 0 Å². The summed E-state index contributed by atoms with van der Waals surface area (Å²) in [5.74, 6) is 0.870. The number of aromatic nitrogens is 1. The summed E-state index contributed by atoms with van der Waals surface area (Å²) in [5.41, 5.74) is 6.74. The molecule has 1 heterocycles. The SMILES string of the molecule is C[C@H](N)c1ccc(N(C)CCC#N)nc1. The molecular formula is C11H16N4. The smallest absolute Gasteiger partial charge is 0.128 e. The zero-order chi connectivity index (χ0) is 11.3. The van der Waals surface area contributed by atoms with Crippen LogP contribution in [0.25, 0.3) is 0 Å². The maximum absolute atomic E-state index is 8.47. The molecule has 0 aromatic carbocycles. The Morgan fingerprint density at radius 1 is 1.60 bits per heavy atom. The molecule has 0 aliphatic rings. The van der Waals surface area contributed by atoms with Gasteiger partial charge in [0, 0.05) is 25.8 Å². The van der Waals surface area contributed by atoms with Gasteiger partial charge in [-0.15, -0.1) is 0 Å². The second-order valence-corrected chi connectivity index (χ2v) is 3.57. The lowest BCUT2D eigenvalue weighted by Crippen LogP contribution is -2.19. The molecular weight excluding hydrogens is 188 g/mol. The van der Waals surface area contributed by atoms with Crippen LogP contribution in [0.5, 0.6) is 0 Å². The van der Waals surface area contributed by atoms with Gasteiger partial charge in [-0.1, -0.05) is 6.07 Å². The third-order valence-electron chi connectivity index (χ3n) is 2.25. The van der Waals surface area contributed by atoms with Crippen molar-refractivity contribution >= 4 is 5.82 Å². The highest BCUT2D eigenvalue weighted by Crippen LogP contribution is 2.13. The minimum Gasteiger partial charge on any atom is -0.359 e. The largest absolute Gasteiger partial charge is 0.359 e. The van der Waals surface area contributed by atoms with E-state index in [-0.39, 0.29) is 6.04 Å². The molecule has 1 aromatic heterocycles. The van der Waals surface area contributed by atoms with Gasteiger partial charge in [0.1, 0.15) is 5.82 Å². The number of rotatable bonds is 4. The molecule has 0 saturated carbocycles. The minimum atomic E-state index is 0.0102. The van der Waals surface area contributed by atoms with Gasteiger partial charge in [0.2, 0.25) is 0 Å². The first-order valence-electron chi connectivity index (χ1n) is 4.94. The highest BCUT2D eigenvalue weighted by atomic mass is 15.2. The maximum Gasteiger partial charge on any atom is 0.128 e. The van der Waals surface area contributed by atoms with E-state index in [4.69, 9.17) is 11.0 Å². The van der Waals surface area contributed by atoms with Crippen molar-refractivity contribution in [3.63, 3.8) is 0 Å². The van der Waals surface area contributed by atoms with Crippen molar-refractivity contribution in [3.05, 3.63) is 23.9 Å². The van der Waals surface area contributed by atoms with E-state index in [2.05, 4.69) is 11.1 Å². The first kappa shape index (κ1) is 11.5. The Kier molecular flexibility index (Phi) is 4.07. The summed E-state index contributed by atoms with van der Waals surface area (Å²) in [7, 11) is 1.92. The second kappa shape index (κ2) is 5.32. The van der Waals surface area contributed by atoms with E-state index in [0.717, 1.165) is 11.4 Å². The number of nitrogens with two attached hydrogens (primary N) is 1. The van der Waals surface area contributed by atoms with Crippen molar-refractivity contribution in [2.75, 3.05) is 18.5 Å². The summed E-state index contributed by atoms with van der Waals surface area (Å²) < 4.78 is 0. The van der Waals surface area contributed by atoms with Gasteiger partial charge in [0.05, 0.1) is 12.5 Å². The van der Waals surface area contributed by atoms with E-state index in [9.17, 15) is 0 Å². The lowest BCUT2D eigenvalue weighted by atomic mass is 10.1. The summed E-state index contributed by atoms with van der Waals surface area (Å²) in [4.78, 5) is 6.24. The minimum absolute atomic E-state index is 0.0102. The van der Waals surface area contributed by atoms with Gasteiger partial charge in [-0.05, 0) is 18.6 Å². The van der Waals surface area contributed by atoms with Crippen LogP contribution in [0.1, 0.15) is 24.9 Å². The lowest BCUT2D eigenvalue weighted by Gasteiger charge is -2.16. The van der Waals surface area contributed by atoms with Crippen LogP contribution in [-0.4, -0.2) is 18.6 Å².